The number of carbonyl (C=O) groups excluding carboxylic acids is 1. The van der Waals surface area contributed by atoms with E-state index in [2.05, 4.69) is 12.2 Å². The fraction of sp³-hybridized carbons (Fsp3) is 0.462. The molecule has 1 aromatic carbocycles. The number of nitrogens with one attached hydrogen (secondary N) is 1. The molecule has 1 saturated heterocycles. The summed E-state index contributed by atoms with van der Waals surface area (Å²) >= 11 is 5.88. The number of halogens is 1. The largest absolute Gasteiger partial charge is 0.322 e. The first-order chi connectivity index (χ1) is 8.16. The van der Waals surface area contributed by atoms with E-state index in [1.54, 1.807) is 12.1 Å². The van der Waals surface area contributed by atoms with Gasteiger partial charge in [-0.1, -0.05) is 17.7 Å². The number of anilines is 1. The molecule has 0 aromatic heterocycles. The van der Waals surface area contributed by atoms with E-state index in [1.165, 1.54) is 6.42 Å². The number of hydrogen-bond acceptors (Lipinski definition) is 1. The van der Waals surface area contributed by atoms with Crippen molar-refractivity contribution < 1.29 is 4.79 Å². The smallest absolute Gasteiger partial charge is 0.322 e. The lowest BCUT2D eigenvalue weighted by atomic mass is 10.0. The lowest BCUT2D eigenvalue weighted by Crippen LogP contribution is -2.44. The molecule has 0 saturated carbocycles. The number of amides is 2. The summed E-state index contributed by atoms with van der Waals surface area (Å²) in [4.78, 5) is 14.0. The van der Waals surface area contributed by atoms with Crippen LogP contribution in [0.25, 0.3) is 0 Å². The molecular weight excluding hydrogens is 236 g/mol. The Morgan fingerprint density at radius 1 is 1.47 bits per heavy atom. The quantitative estimate of drug-likeness (QED) is 0.811. The molecule has 1 aromatic rings. The number of piperidine rings is 1. The Bertz CT molecular complexity index is 408. The molecule has 17 heavy (non-hydrogen) atoms. The summed E-state index contributed by atoms with van der Waals surface area (Å²) in [7, 11) is 0. The maximum Gasteiger partial charge on any atom is 0.322 e. The van der Waals surface area contributed by atoms with E-state index < -0.39 is 0 Å². The summed E-state index contributed by atoms with van der Waals surface area (Å²) in [6.45, 7) is 2.93. The topological polar surface area (TPSA) is 32.3 Å². The van der Waals surface area contributed by atoms with Crippen LogP contribution in [0.4, 0.5) is 10.5 Å². The molecule has 2 amide bonds. The third-order valence-electron chi connectivity index (χ3n) is 3.14. The number of carbonyl (C=O) groups is 1. The molecule has 0 bridgehead atoms. The zero-order valence-electron chi connectivity index (χ0n) is 9.95. The first-order valence-electron chi connectivity index (χ1n) is 6.00. The average molecular weight is 253 g/mol. The second-order valence-electron chi connectivity index (χ2n) is 4.48. The molecular formula is C13H17ClN2O. The van der Waals surface area contributed by atoms with Gasteiger partial charge in [-0.2, -0.15) is 0 Å². The fourth-order valence-corrected chi connectivity index (χ4v) is 2.35. The Morgan fingerprint density at radius 3 is 3.00 bits per heavy atom. The maximum absolute atomic E-state index is 12.1. The van der Waals surface area contributed by atoms with Crippen molar-refractivity contribution in [1.82, 2.24) is 4.90 Å². The molecule has 3 nitrogen and oxygen atoms in total. The molecule has 4 heteroatoms. The summed E-state index contributed by atoms with van der Waals surface area (Å²) in [6.07, 6.45) is 3.39. The molecule has 1 N–H and O–H groups in total. The standard InChI is InChI=1S/C13H17ClN2O/c1-10-5-2-3-8-16(10)13(17)15-12-7-4-6-11(14)9-12/h4,6-7,9-10H,2-3,5,8H2,1H3,(H,15,17)/t10-/m0/s1. The van der Waals surface area contributed by atoms with Crippen molar-refractivity contribution in [2.24, 2.45) is 0 Å². The highest BCUT2D eigenvalue weighted by Crippen LogP contribution is 2.19. The fourth-order valence-electron chi connectivity index (χ4n) is 2.16. The van der Waals surface area contributed by atoms with Crippen molar-refractivity contribution in [3.05, 3.63) is 29.3 Å². The Kier molecular flexibility index (Phi) is 3.89. The predicted molar refractivity (Wildman–Crippen MR) is 70.5 cm³/mol. The van der Waals surface area contributed by atoms with Gasteiger partial charge in [0.25, 0.3) is 0 Å². The number of benzene rings is 1. The molecule has 1 fully saturated rings. The van der Waals surface area contributed by atoms with Crippen molar-refractivity contribution >= 4 is 23.3 Å². The minimum Gasteiger partial charge on any atom is -0.322 e. The van der Waals surface area contributed by atoms with E-state index >= 15 is 0 Å². The average Bonchev–Trinajstić information content (AvgIpc) is 2.29. The monoisotopic (exact) mass is 252 g/mol. The minimum atomic E-state index is -0.0283. The zero-order chi connectivity index (χ0) is 12.3. The van der Waals surface area contributed by atoms with Gasteiger partial charge in [-0.3, -0.25) is 0 Å². The number of nitrogens with zero attached hydrogens (tertiary/aromatic N) is 1. The SMILES string of the molecule is C[C@H]1CCCCN1C(=O)Nc1cccc(Cl)c1. The number of likely N-dealkylation sites (tertiary alicyclic amines) is 1. The van der Waals surface area contributed by atoms with Gasteiger partial charge < -0.3 is 10.2 Å². The van der Waals surface area contributed by atoms with Crippen molar-refractivity contribution in [2.75, 3.05) is 11.9 Å². The van der Waals surface area contributed by atoms with E-state index in [0.29, 0.717) is 11.1 Å². The van der Waals surface area contributed by atoms with Crippen LogP contribution in [-0.4, -0.2) is 23.5 Å². The van der Waals surface area contributed by atoms with Gasteiger partial charge in [0, 0.05) is 23.3 Å². The van der Waals surface area contributed by atoms with Crippen LogP contribution in [0, 0.1) is 0 Å². The lowest BCUT2D eigenvalue weighted by molar-refractivity contribution is 0.170. The summed E-state index contributed by atoms with van der Waals surface area (Å²) in [6, 6.07) is 7.52. The van der Waals surface area contributed by atoms with Gasteiger partial charge in [0.15, 0.2) is 0 Å². The normalized spacial score (nSPS) is 20.1. The maximum atomic E-state index is 12.1. The van der Waals surface area contributed by atoms with Crippen molar-refractivity contribution in [2.45, 2.75) is 32.2 Å². The lowest BCUT2D eigenvalue weighted by Gasteiger charge is -2.33. The van der Waals surface area contributed by atoms with Gasteiger partial charge in [0.2, 0.25) is 0 Å². The van der Waals surface area contributed by atoms with Crippen LogP contribution in [0.5, 0.6) is 0 Å². The van der Waals surface area contributed by atoms with Crippen LogP contribution in [0.1, 0.15) is 26.2 Å². The van der Waals surface area contributed by atoms with Crippen molar-refractivity contribution in [3.63, 3.8) is 0 Å². The van der Waals surface area contributed by atoms with Crippen molar-refractivity contribution in [1.29, 1.82) is 0 Å². The highest BCUT2D eigenvalue weighted by Gasteiger charge is 2.22. The highest BCUT2D eigenvalue weighted by atomic mass is 35.5. The van der Waals surface area contributed by atoms with Gasteiger partial charge in [-0.25, -0.2) is 4.79 Å². The number of urea groups is 1. The molecule has 0 radical (unpaired) electrons. The first-order valence-corrected chi connectivity index (χ1v) is 6.38. The Labute approximate surface area is 107 Å². The van der Waals surface area contributed by atoms with Gasteiger partial charge in [-0.05, 0) is 44.4 Å². The number of rotatable bonds is 1. The van der Waals surface area contributed by atoms with Crippen LogP contribution in [0.3, 0.4) is 0 Å². The molecule has 0 unspecified atom stereocenters. The Hall–Kier alpha value is -1.22. The molecule has 1 aliphatic rings. The summed E-state index contributed by atoms with van der Waals surface area (Å²) < 4.78 is 0. The third kappa shape index (κ3) is 3.13. The van der Waals surface area contributed by atoms with Gasteiger partial charge in [0.05, 0.1) is 0 Å². The Balaban J connectivity index is 2.01. The van der Waals surface area contributed by atoms with Crippen LogP contribution in [-0.2, 0) is 0 Å². The van der Waals surface area contributed by atoms with E-state index in [0.717, 1.165) is 25.1 Å². The van der Waals surface area contributed by atoms with Crippen LogP contribution < -0.4 is 5.32 Å². The van der Waals surface area contributed by atoms with E-state index in [1.807, 2.05) is 17.0 Å². The van der Waals surface area contributed by atoms with E-state index in [4.69, 9.17) is 11.6 Å². The number of hydrogen-bond donors (Lipinski definition) is 1. The van der Waals surface area contributed by atoms with Crippen LogP contribution >= 0.6 is 11.6 Å². The molecule has 0 spiro atoms. The predicted octanol–water partition coefficient (Wildman–Crippen LogP) is 3.75. The van der Waals surface area contributed by atoms with Crippen LogP contribution in [0.15, 0.2) is 24.3 Å². The third-order valence-corrected chi connectivity index (χ3v) is 3.37. The van der Waals surface area contributed by atoms with Gasteiger partial charge >= 0.3 is 6.03 Å². The minimum absolute atomic E-state index is 0.0283. The van der Waals surface area contributed by atoms with Gasteiger partial charge in [0.1, 0.15) is 0 Å². The molecule has 92 valence electrons. The molecule has 2 rings (SSSR count). The second-order valence-corrected chi connectivity index (χ2v) is 4.92. The molecule has 1 atom stereocenters. The highest BCUT2D eigenvalue weighted by molar-refractivity contribution is 6.30. The molecule has 0 aliphatic carbocycles. The summed E-state index contributed by atoms with van der Waals surface area (Å²) in [5.41, 5.74) is 0.750. The second kappa shape index (κ2) is 5.41. The zero-order valence-corrected chi connectivity index (χ0v) is 10.7. The summed E-state index contributed by atoms with van der Waals surface area (Å²) in [5.74, 6) is 0. The van der Waals surface area contributed by atoms with E-state index in [-0.39, 0.29) is 6.03 Å². The summed E-state index contributed by atoms with van der Waals surface area (Å²) in [5, 5.41) is 3.52. The Morgan fingerprint density at radius 2 is 2.29 bits per heavy atom. The molecule has 1 aliphatic heterocycles. The van der Waals surface area contributed by atoms with Gasteiger partial charge in [-0.15, -0.1) is 0 Å². The van der Waals surface area contributed by atoms with Crippen molar-refractivity contribution in [3.8, 4) is 0 Å². The molecule has 1 heterocycles. The van der Waals surface area contributed by atoms with Crippen LogP contribution in [0.2, 0.25) is 5.02 Å². The first kappa shape index (κ1) is 12.2. The van der Waals surface area contributed by atoms with E-state index in [9.17, 15) is 4.79 Å².